The van der Waals surface area contributed by atoms with E-state index in [-0.39, 0.29) is 11.7 Å². The van der Waals surface area contributed by atoms with Crippen LogP contribution in [0.3, 0.4) is 0 Å². The van der Waals surface area contributed by atoms with Crippen molar-refractivity contribution in [1.29, 1.82) is 0 Å². The minimum Gasteiger partial charge on any atom is -0.356 e. The third-order valence-corrected chi connectivity index (χ3v) is 7.37. The summed E-state index contributed by atoms with van der Waals surface area (Å²) in [5.74, 6) is -0.0967. The summed E-state index contributed by atoms with van der Waals surface area (Å²) in [5.41, 5.74) is 2.36. The lowest BCUT2D eigenvalue weighted by Gasteiger charge is -2.37. The van der Waals surface area contributed by atoms with Crippen LogP contribution in [-0.2, 0) is 9.84 Å². The molecule has 0 saturated carbocycles. The summed E-state index contributed by atoms with van der Waals surface area (Å²) < 4.78 is 25.6. The number of ketones is 1. The zero-order valence-electron chi connectivity index (χ0n) is 13.3. The molecule has 1 aliphatic carbocycles. The van der Waals surface area contributed by atoms with Crippen molar-refractivity contribution in [2.75, 3.05) is 17.7 Å². The van der Waals surface area contributed by atoms with Crippen LogP contribution in [0.2, 0.25) is 0 Å². The van der Waals surface area contributed by atoms with Crippen molar-refractivity contribution in [1.82, 2.24) is 0 Å². The van der Waals surface area contributed by atoms with E-state index in [1.54, 1.807) is 0 Å². The molecule has 1 fully saturated rings. The SMILES string of the molecule is CS(=O)(=O)C1c2ccccc2[C@@H]2CCN3c4ccccc4C(=O)[C@@]123. The first kappa shape index (κ1) is 14.2. The van der Waals surface area contributed by atoms with E-state index < -0.39 is 20.6 Å². The Labute approximate surface area is 141 Å². The van der Waals surface area contributed by atoms with Crippen molar-refractivity contribution < 1.29 is 13.2 Å². The molecule has 4 nitrogen and oxygen atoms in total. The van der Waals surface area contributed by atoms with Crippen LogP contribution in [0, 0.1) is 0 Å². The Morgan fingerprint density at radius 3 is 2.46 bits per heavy atom. The number of benzene rings is 2. The van der Waals surface area contributed by atoms with Crippen LogP contribution >= 0.6 is 0 Å². The molecular formula is C19H17NO3S. The molecule has 1 saturated heterocycles. The van der Waals surface area contributed by atoms with E-state index in [1.807, 2.05) is 48.5 Å². The minimum atomic E-state index is -3.45. The molecule has 2 aromatic rings. The van der Waals surface area contributed by atoms with E-state index in [0.29, 0.717) is 12.1 Å². The Morgan fingerprint density at radius 1 is 1.04 bits per heavy atom. The lowest BCUT2D eigenvalue weighted by molar-refractivity contribution is 0.0898. The van der Waals surface area contributed by atoms with Crippen LogP contribution in [-0.4, -0.2) is 32.5 Å². The first-order valence-electron chi connectivity index (χ1n) is 8.16. The number of anilines is 1. The summed E-state index contributed by atoms with van der Waals surface area (Å²) in [7, 11) is -3.45. The molecular weight excluding hydrogens is 322 g/mol. The average molecular weight is 339 g/mol. The second-order valence-electron chi connectivity index (χ2n) is 7.00. The van der Waals surface area contributed by atoms with Crippen molar-refractivity contribution in [3.63, 3.8) is 0 Å². The van der Waals surface area contributed by atoms with E-state index in [4.69, 9.17) is 0 Å². The molecule has 3 aliphatic rings. The molecule has 2 aliphatic heterocycles. The van der Waals surface area contributed by atoms with Gasteiger partial charge in [-0.3, -0.25) is 4.79 Å². The zero-order chi connectivity index (χ0) is 16.7. The molecule has 2 aromatic carbocycles. The van der Waals surface area contributed by atoms with Crippen LogP contribution in [0.4, 0.5) is 5.69 Å². The number of carbonyl (C=O) groups excluding carboxylic acids is 1. The first-order valence-corrected chi connectivity index (χ1v) is 10.1. The number of hydrogen-bond donors (Lipinski definition) is 0. The number of sulfone groups is 1. The van der Waals surface area contributed by atoms with Crippen molar-refractivity contribution in [2.24, 2.45) is 0 Å². The maximum atomic E-state index is 13.5. The van der Waals surface area contributed by atoms with Gasteiger partial charge in [0.15, 0.2) is 15.6 Å². The standard InChI is InChI=1S/C19H17NO3S/c1-24(22,23)18-13-7-3-2-6-12(13)15-10-11-20-16-9-5-4-8-14(16)17(21)19(15,18)20/h2-9,15,18H,10-11H2,1H3/t15-,18?,19+/m0/s1. The summed E-state index contributed by atoms with van der Waals surface area (Å²) in [5, 5.41) is -0.798. The molecule has 2 heterocycles. The fourth-order valence-corrected chi connectivity index (χ4v) is 6.99. The van der Waals surface area contributed by atoms with Crippen LogP contribution in [0.1, 0.15) is 39.1 Å². The molecule has 1 unspecified atom stereocenters. The third-order valence-electron chi connectivity index (χ3n) is 5.90. The molecule has 24 heavy (non-hydrogen) atoms. The van der Waals surface area contributed by atoms with Gasteiger partial charge in [0.1, 0.15) is 10.8 Å². The Kier molecular flexibility index (Phi) is 2.53. The highest BCUT2D eigenvalue weighted by Crippen LogP contribution is 2.64. The van der Waals surface area contributed by atoms with Gasteiger partial charge in [0.25, 0.3) is 0 Å². The summed E-state index contributed by atoms with van der Waals surface area (Å²) >= 11 is 0. The summed E-state index contributed by atoms with van der Waals surface area (Å²) in [6, 6.07) is 15.2. The van der Waals surface area contributed by atoms with Crippen molar-refractivity contribution in [2.45, 2.75) is 23.1 Å². The summed E-state index contributed by atoms with van der Waals surface area (Å²) in [4.78, 5) is 15.6. The number of Topliss-reactive ketones (excluding diaryl/α,β-unsaturated/α-hetero) is 1. The van der Waals surface area contributed by atoms with E-state index in [1.165, 1.54) is 6.26 Å². The van der Waals surface area contributed by atoms with E-state index >= 15 is 0 Å². The van der Waals surface area contributed by atoms with Crippen LogP contribution in [0.5, 0.6) is 0 Å². The molecule has 0 radical (unpaired) electrons. The van der Waals surface area contributed by atoms with Gasteiger partial charge in [0.2, 0.25) is 0 Å². The fraction of sp³-hybridized carbons (Fsp3) is 0.316. The highest BCUT2D eigenvalue weighted by molar-refractivity contribution is 7.91. The molecule has 5 rings (SSSR count). The van der Waals surface area contributed by atoms with Crippen molar-refractivity contribution in [3.8, 4) is 0 Å². The Hall–Kier alpha value is -2.14. The Morgan fingerprint density at radius 2 is 1.71 bits per heavy atom. The van der Waals surface area contributed by atoms with E-state index in [0.717, 1.165) is 23.2 Å². The molecule has 1 spiro atoms. The number of carbonyl (C=O) groups is 1. The monoisotopic (exact) mass is 339 g/mol. The molecule has 0 N–H and O–H groups in total. The Balaban J connectivity index is 1.87. The van der Waals surface area contributed by atoms with Gasteiger partial charge in [-0.15, -0.1) is 0 Å². The molecule has 3 atom stereocenters. The maximum Gasteiger partial charge on any atom is 0.192 e. The lowest BCUT2D eigenvalue weighted by Crippen LogP contribution is -2.53. The fourth-order valence-electron chi connectivity index (χ4n) is 5.27. The molecule has 0 aromatic heterocycles. The quantitative estimate of drug-likeness (QED) is 0.802. The van der Waals surface area contributed by atoms with Crippen LogP contribution < -0.4 is 4.90 Å². The van der Waals surface area contributed by atoms with Gasteiger partial charge in [0, 0.05) is 30.0 Å². The van der Waals surface area contributed by atoms with E-state index in [2.05, 4.69) is 4.90 Å². The number of fused-ring (bicyclic) bond motifs is 4. The molecule has 122 valence electrons. The number of para-hydroxylation sites is 1. The zero-order valence-corrected chi connectivity index (χ0v) is 14.1. The second kappa shape index (κ2) is 4.28. The maximum absolute atomic E-state index is 13.5. The molecule has 0 amide bonds. The Bertz CT molecular complexity index is 989. The highest BCUT2D eigenvalue weighted by atomic mass is 32.2. The van der Waals surface area contributed by atoms with Gasteiger partial charge < -0.3 is 4.90 Å². The van der Waals surface area contributed by atoms with Gasteiger partial charge >= 0.3 is 0 Å². The topological polar surface area (TPSA) is 54.5 Å². The number of nitrogens with zero attached hydrogens (tertiary/aromatic N) is 1. The van der Waals surface area contributed by atoms with E-state index in [9.17, 15) is 13.2 Å². The molecule has 5 heteroatoms. The summed E-state index contributed by atoms with van der Waals surface area (Å²) in [6.07, 6.45) is 2.07. The first-order chi connectivity index (χ1) is 11.5. The smallest absolute Gasteiger partial charge is 0.192 e. The van der Waals surface area contributed by atoms with Gasteiger partial charge in [-0.2, -0.15) is 0 Å². The van der Waals surface area contributed by atoms with Crippen LogP contribution in [0.15, 0.2) is 48.5 Å². The second-order valence-corrected chi connectivity index (χ2v) is 9.13. The predicted octanol–water partition coefficient (Wildman–Crippen LogP) is 2.71. The van der Waals surface area contributed by atoms with Crippen LogP contribution in [0.25, 0.3) is 0 Å². The highest BCUT2D eigenvalue weighted by Gasteiger charge is 2.70. The van der Waals surface area contributed by atoms with Crippen molar-refractivity contribution in [3.05, 3.63) is 65.2 Å². The molecule has 0 bridgehead atoms. The van der Waals surface area contributed by atoms with Crippen molar-refractivity contribution >= 4 is 21.3 Å². The third kappa shape index (κ3) is 1.41. The normalized spacial score (nSPS) is 30.0. The van der Waals surface area contributed by atoms with Gasteiger partial charge in [0.05, 0.1) is 0 Å². The summed E-state index contributed by atoms with van der Waals surface area (Å²) in [6.45, 7) is 0.716. The van der Waals surface area contributed by atoms with Gasteiger partial charge in [-0.25, -0.2) is 8.42 Å². The number of hydrogen-bond acceptors (Lipinski definition) is 4. The van der Waals surface area contributed by atoms with Gasteiger partial charge in [-0.1, -0.05) is 36.4 Å². The number of rotatable bonds is 1. The largest absolute Gasteiger partial charge is 0.356 e. The minimum absolute atomic E-state index is 0.0350. The lowest BCUT2D eigenvalue weighted by atomic mass is 9.81. The van der Waals surface area contributed by atoms with Gasteiger partial charge in [-0.05, 0) is 29.7 Å². The average Bonchev–Trinajstić information content (AvgIpc) is 3.13. The predicted molar refractivity (Wildman–Crippen MR) is 92.2 cm³/mol.